The first kappa shape index (κ1) is 18.6. The summed E-state index contributed by atoms with van der Waals surface area (Å²) in [6.07, 6.45) is 0.0399. The van der Waals surface area contributed by atoms with Crippen LogP contribution in [0.25, 0.3) is 0 Å². The summed E-state index contributed by atoms with van der Waals surface area (Å²) in [4.78, 5) is 37.8. The molecule has 3 rings (SSSR count). The van der Waals surface area contributed by atoms with Crippen LogP contribution in [-0.4, -0.2) is 30.9 Å². The number of nitrogens with zero attached hydrogens (tertiary/aromatic N) is 1. The Kier molecular flexibility index (Phi) is 5.49. The number of esters is 1. The first-order chi connectivity index (χ1) is 12.9. The molecule has 1 fully saturated rings. The Morgan fingerprint density at radius 1 is 1.22 bits per heavy atom. The molecule has 140 valence electrons. The van der Waals surface area contributed by atoms with Crippen molar-refractivity contribution in [1.29, 1.82) is 0 Å². The molecule has 1 aliphatic heterocycles. The molecule has 2 aromatic carbocycles. The minimum absolute atomic E-state index is 0.0399. The van der Waals surface area contributed by atoms with Gasteiger partial charge >= 0.3 is 5.97 Å². The van der Waals surface area contributed by atoms with E-state index in [9.17, 15) is 18.8 Å². The van der Waals surface area contributed by atoms with Gasteiger partial charge in [0.25, 0.3) is 5.91 Å². The SMILES string of the molecule is Cc1ccc(N2C[C@H](C(=O)OCC(=O)Nc3cccc(F)c3)CC2=O)cc1. The second kappa shape index (κ2) is 7.99. The van der Waals surface area contributed by atoms with E-state index in [-0.39, 0.29) is 24.6 Å². The average Bonchev–Trinajstić information content (AvgIpc) is 3.02. The Labute approximate surface area is 155 Å². The predicted molar refractivity (Wildman–Crippen MR) is 97.6 cm³/mol. The third kappa shape index (κ3) is 4.69. The van der Waals surface area contributed by atoms with Gasteiger partial charge in [0.2, 0.25) is 5.91 Å². The van der Waals surface area contributed by atoms with Crippen molar-refractivity contribution in [2.75, 3.05) is 23.4 Å². The number of carbonyl (C=O) groups excluding carboxylic acids is 3. The first-order valence-electron chi connectivity index (χ1n) is 8.51. The van der Waals surface area contributed by atoms with E-state index >= 15 is 0 Å². The first-order valence-corrected chi connectivity index (χ1v) is 8.51. The topological polar surface area (TPSA) is 75.7 Å². The zero-order valence-electron chi connectivity index (χ0n) is 14.8. The van der Waals surface area contributed by atoms with Crippen LogP contribution < -0.4 is 10.2 Å². The van der Waals surface area contributed by atoms with Gasteiger partial charge in [0.1, 0.15) is 5.82 Å². The van der Waals surface area contributed by atoms with Gasteiger partial charge in [-0.1, -0.05) is 23.8 Å². The van der Waals surface area contributed by atoms with Crippen molar-refractivity contribution >= 4 is 29.2 Å². The molecule has 1 heterocycles. The zero-order valence-corrected chi connectivity index (χ0v) is 14.8. The van der Waals surface area contributed by atoms with Crippen molar-refractivity contribution in [3.8, 4) is 0 Å². The van der Waals surface area contributed by atoms with Gasteiger partial charge in [0, 0.05) is 24.3 Å². The van der Waals surface area contributed by atoms with Crippen LogP contribution in [0.3, 0.4) is 0 Å². The molecular formula is C20H19FN2O4. The summed E-state index contributed by atoms with van der Waals surface area (Å²) in [5.74, 6) is -2.45. The number of anilines is 2. The Morgan fingerprint density at radius 3 is 2.67 bits per heavy atom. The van der Waals surface area contributed by atoms with Crippen molar-refractivity contribution in [3.05, 3.63) is 59.9 Å². The fourth-order valence-electron chi connectivity index (χ4n) is 2.86. The van der Waals surface area contributed by atoms with Crippen molar-refractivity contribution in [2.45, 2.75) is 13.3 Å². The minimum Gasteiger partial charge on any atom is -0.455 e. The zero-order chi connectivity index (χ0) is 19.4. The highest BCUT2D eigenvalue weighted by Crippen LogP contribution is 2.26. The van der Waals surface area contributed by atoms with E-state index in [1.165, 1.54) is 23.1 Å². The maximum absolute atomic E-state index is 13.1. The maximum Gasteiger partial charge on any atom is 0.311 e. The van der Waals surface area contributed by atoms with Gasteiger partial charge in [0.15, 0.2) is 6.61 Å². The van der Waals surface area contributed by atoms with Crippen LogP contribution in [0.4, 0.5) is 15.8 Å². The van der Waals surface area contributed by atoms with Gasteiger partial charge in [-0.25, -0.2) is 4.39 Å². The second-order valence-electron chi connectivity index (χ2n) is 6.41. The number of aryl methyl sites for hydroxylation is 1. The molecule has 0 saturated carbocycles. The number of hydrogen-bond acceptors (Lipinski definition) is 4. The molecule has 7 heteroatoms. The molecule has 27 heavy (non-hydrogen) atoms. The van der Waals surface area contributed by atoms with Crippen LogP contribution in [0.2, 0.25) is 0 Å². The number of rotatable bonds is 5. The van der Waals surface area contributed by atoms with Gasteiger partial charge < -0.3 is 15.0 Å². The Balaban J connectivity index is 1.52. The number of amides is 2. The quantitative estimate of drug-likeness (QED) is 0.821. The smallest absolute Gasteiger partial charge is 0.311 e. The minimum atomic E-state index is -0.624. The van der Waals surface area contributed by atoms with Gasteiger partial charge in [-0.05, 0) is 37.3 Å². The maximum atomic E-state index is 13.1. The van der Waals surface area contributed by atoms with Crippen LogP contribution in [0, 0.1) is 18.7 Å². The predicted octanol–water partition coefficient (Wildman–Crippen LogP) is 2.67. The summed E-state index contributed by atoms with van der Waals surface area (Å²) in [6.45, 7) is 1.67. The third-order valence-electron chi connectivity index (χ3n) is 4.26. The molecule has 1 N–H and O–H groups in total. The summed E-state index contributed by atoms with van der Waals surface area (Å²) in [5.41, 5.74) is 2.08. The number of carbonyl (C=O) groups is 3. The lowest BCUT2D eigenvalue weighted by molar-refractivity contribution is -0.151. The fraction of sp³-hybridized carbons (Fsp3) is 0.250. The largest absolute Gasteiger partial charge is 0.455 e. The van der Waals surface area contributed by atoms with Crippen molar-refractivity contribution < 1.29 is 23.5 Å². The van der Waals surface area contributed by atoms with Crippen LogP contribution in [0.15, 0.2) is 48.5 Å². The van der Waals surface area contributed by atoms with Gasteiger partial charge in [-0.15, -0.1) is 0 Å². The highest BCUT2D eigenvalue weighted by atomic mass is 19.1. The van der Waals surface area contributed by atoms with E-state index in [0.29, 0.717) is 0 Å². The van der Waals surface area contributed by atoms with Crippen molar-refractivity contribution in [3.63, 3.8) is 0 Å². The molecule has 6 nitrogen and oxygen atoms in total. The number of halogens is 1. The van der Waals surface area contributed by atoms with E-state index < -0.39 is 30.2 Å². The molecule has 0 aliphatic carbocycles. The summed E-state index contributed by atoms with van der Waals surface area (Å²) in [6, 6.07) is 12.8. The van der Waals surface area contributed by atoms with E-state index in [1.54, 1.807) is 0 Å². The number of hydrogen-bond donors (Lipinski definition) is 1. The monoisotopic (exact) mass is 370 g/mol. The number of benzene rings is 2. The lowest BCUT2D eigenvalue weighted by Gasteiger charge is -2.16. The van der Waals surface area contributed by atoms with E-state index in [1.807, 2.05) is 31.2 Å². The molecule has 0 spiro atoms. The molecule has 0 bridgehead atoms. The van der Waals surface area contributed by atoms with Gasteiger partial charge in [-0.2, -0.15) is 0 Å². The standard InChI is InChI=1S/C20H19FN2O4/c1-13-5-7-17(8-6-13)23-11-14(9-19(23)25)20(26)27-12-18(24)22-16-4-2-3-15(21)10-16/h2-8,10,14H,9,11-12H2,1H3,(H,22,24)/t14-/m1/s1. The molecule has 2 amide bonds. The molecule has 1 aliphatic rings. The van der Waals surface area contributed by atoms with Crippen LogP contribution >= 0.6 is 0 Å². The third-order valence-corrected chi connectivity index (χ3v) is 4.26. The van der Waals surface area contributed by atoms with Crippen LogP contribution in [0.1, 0.15) is 12.0 Å². The number of ether oxygens (including phenoxy) is 1. The van der Waals surface area contributed by atoms with Gasteiger partial charge in [0.05, 0.1) is 5.92 Å². The van der Waals surface area contributed by atoms with E-state index in [0.717, 1.165) is 17.3 Å². The lowest BCUT2D eigenvalue weighted by Crippen LogP contribution is -2.28. The van der Waals surface area contributed by atoms with Crippen molar-refractivity contribution in [1.82, 2.24) is 0 Å². The van der Waals surface area contributed by atoms with Crippen LogP contribution in [-0.2, 0) is 19.1 Å². The van der Waals surface area contributed by atoms with Crippen molar-refractivity contribution in [2.24, 2.45) is 5.92 Å². The molecule has 0 radical (unpaired) electrons. The van der Waals surface area contributed by atoms with Crippen LogP contribution in [0.5, 0.6) is 0 Å². The fourth-order valence-corrected chi connectivity index (χ4v) is 2.86. The van der Waals surface area contributed by atoms with E-state index in [2.05, 4.69) is 5.32 Å². The summed E-state index contributed by atoms with van der Waals surface area (Å²) in [7, 11) is 0. The van der Waals surface area contributed by atoms with Gasteiger partial charge in [-0.3, -0.25) is 14.4 Å². The average molecular weight is 370 g/mol. The molecule has 0 unspecified atom stereocenters. The normalized spacial score (nSPS) is 16.3. The molecule has 1 atom stereocenters. The Bertz CT molecular complexity index is 867. The summed E-state index contributed by atoms with van der Waals surface area (Å²) < 4.78 is 18.1. The summed E-state index contributed by atoms with van der Waals surface area (Å²) in [5, 5.41) is 2.44. The highest BCUT2D eigenvalue weighted by molar-refractivity contribution is 6.00. The highest BCUT2D eigenvalue weighted by Gasteiger charge is 2.36. The second-order valence-corrected chi connectivity index (χ2v) is 6.41. The Morgan fingerprint density at radius 2 is 1.96 bits per heavy atom. The summed E-state index contributed by atoms with van der Waals surface area (Å²) >= 11 is 0. The molecule has 2 aromatic rings. The molecule has 1 saturated heterocycles. The van der Waals surface area contributed by atoms with E-state index in [4.69, 9.17) is 4.74 Å². The molecular weight excluding hydrogens is 351 g/mol. The number of nitrogens with one attached hydrogen (secondary N) is 1. The lowest BCUT2D eigenvalue weighted by atomic mass is 10.1. The Hall–Kier alpha value is -3.22. The molecule has 0 aromatic heterocycles.